The molecule has 8 heteroatoms. The summed E-state index contributed by atoms with van der Waals surface area (Å²) in [5.41, 5.74) is 0.457. The number of piperidine rings is 1. The van der Waals surface area contributed by atoms with Crippen LogP contribution in [0.4, 0.5) is 4.79 Å². The van der Waals surface area contributed by atoms with Crippen molar-refractivity contribution in [2.24, 2.45) is 5.92 Å². The van der Waals surface area contributed by atoms with Gasteiger partial charge in [0.15, 0.2) is 0 Å². The van der Waals surface area contributed by atoms with Crippen molar-refractivity contribution in [3.8, 4) is 0 Å². The third-order valence-corrected chi connectivity index (χ3v) is 5.37. The molecule has 3 amide bonds. The number of ether oxygens (including phenoxy) is 1. The fourth-order valence-corrected chi connectivity index (χ4v) is 3.48. The van der Waals surface area contributed by atoms with Crippen LogP contribution in [0.1, 0.15) is 45.6 Å². The molecule has 1 aromatic carbocycles. The summed E-state index contributed by atoms with van der Waals surface area (Å²) < 4.78 is 6.13. The minimum Gasteiger partial charge on any atom is -0.444 e. The zero-order valence-electron chi connectivity index (χ0n) is 18.0. The molecule has 0 saturated carbocycles. The predicted octanol–water partition coefficient (Wildman–Crippen LogP) is 3.26. The third kappa shape index (κ3) is 9.15. The molecule has 1 aliphatic heterocycles. The van der Waals surface area contributed by atoms with Crippen LogP contribution in [-0.2, 0) is 20.7 Å². The Balaban J connectivity index is 1.60. The summed E-state index contributed by atoms with van der Waals surface area (Å²) in [6.45, 7) is 7.65. The van der Waals surface area contributed by atoms with E-state index in [0.717, 1.165) is 36.0 Å². The zero-order chi connectivity index (χ0) is 22.1. The zero-order valence-corrected chi connectivity index (χ0v) is 19.6. The second kappa shape index (κ2) is 11.3. The Morgan fingerprint density at radius 1 is 1.10 bits per heavy atom. The highest BCUT2D eigenvalue weighted by Crippen LogP contribution is 2.18. The molecular formula is C22H32BrN3O4. The van der Waals surface area contributed by atoms with E-state index in [4.69, 9.17) is 4.74 Å². The largest absolute Gasteiger partial charge is 0.444 e. The summed E-state index contributed by atoms with van der Waals surface area (Å²) in [6.07, 6.45) is 1.86. The van der Waals surface area contributed by atoms with Gasteiger partial charge in [-0.3, -0.25) is 9.59 Å². The van der Waals surface area contributed by atoms with E-state index in [1.54, 1.807) is 20.8 Å². The first-order chi connectivity index (χ1) is 14.1. The lowest BCUT2D eigenvalue weighted by Crippen LogP contribution is -2.42. The molecule has 1 aliphatic rings. The number of benzene rings is 1. The Hall–Kier alpha value is -2.09. The molecule has 2 rings (SSSR count). The van der Waals surface area contributed by atoms with Gasteiger partial charge in [-0.25, -0.2) is 4.79 Å². The highest BCUT2D eigenvalue weighted by atomic mass is 79.9. The van der Waals surface area contributed by atoms with Gasteiger partial charge in [0.1, 0.15) is 5.60 Å². The predicted molar refractivity (Wildman–Crippen MR) is 119 cm³/mol. The summed E-state index contributed by atoms with van der Waals surface area (Å²) in [5, 5.41) is 5.51. The maximum absolute atomic E-state index is 12.5. The maximum atomic E-state index is 12.5. The number of hydrogen-bond donors (Lipinski definition) is 2. The van der Waals surface area contributed by atoms with Crippen LogP contribution in [0.5, 0.6) is 0 Å². The number of carbonyl (C=O) groups is 3. The van der Waals surface area contributed by atoms with Crippen LogP contribution in [0.15, 0.2) is 28.7 Å². The van der Waals surface area contributed by atoms with E-state index in [1.807, 2.05) is 29.2 Å². The second-order valence-electron chi connectivity index (χ2n) is 8.61. The molecule has 0 aromatic heterocycles. The van der Waals surface area contributed by atoms with Crippen molar-refractivity contribution >= 4 is 33.8 Å². The van der Waals surface area contributed by atoms with Crippen molar-refractivity contribution in [2.45, 2.75) is 52.1 Å². The van der Waals surface area contributed by atoms with Gasteiger partial charge in [-0.15, -0.1) is 0 Å². The minimum absolute atomic E-state index is 0.0974. The van der Waals surface area contributed by atoms with Gasteiger partial charge >= 0.3 is 6.09 Å². The average Bonchev–Trinajstić information content (AvgIpc) is 2.67. The molecule has 0 atom stereocenters. The number of nitrogens with one attached hydrogen (secondary N) is 2. The summed E-state index contributed by atoms with van der Waals surface area (Å²) >= 11 is 3.40. The van der Waals surface area contributed by atoms with Crippen LogP contribution in [0.2, 0.25) is 0 Å². The molecule has 0 aliphatic carbocycles. The smallest absolute Gasteiger partial charge is 0.407 e. The van der Waals surface area contributed by atoms with Crippen molar-refractivity contribution in [3.63, 3.8) is 0 Å². The number of hydrogen-bond acceptors (Lipinski definition) is 4. The first-order valence-corrected chi connectivity index (χ1v) is 11.2. The summed E-state index contributed by atoms with van der Waals surface area (Å²) in [6, 6.07) is 7.81. The van der Waals surface area contributed by atoms with E-state index in [-0.39, 0.29) is 24.8 Å². The summed E-state index contributed by atoms with van der Waals surface area (Å²) in [4.78, 5) is 37.9. The average molecular weight is 482 g/mol. The number of halogens is 1. The van der Waals surface area contributed by atoms with Gasteiger partial charge in [-0.1, -0.05) is 28.1 Å². The highest BCUT2D eigenvalue weighted by Gasteiger charge is 2.23. The van der Waals surface area contributed by atoms with E-state index >= 15 is 0 Å². The normalized spacial score (nSPS) is 14.9. The number of nitrogens with zero attached hydrogens (tertiary/aromatic N) is 1. The molecule has 1 saturated heterocycles. The minimum atomic E-state index is -0.555. The number of rotatable bonds is 7. The SMILES string of the molecule is CC(C)(C)OC(=O)NCCC(=O)NCC1CCN(C(=O)Cc2ccc(Br)cc2)CC1. The topological polar surface area (TPSA) is 87.7 Å². The van der Waals surface area contributed by atoms with Crippen molar-refractivity contribution in [2.75, 3.05) is 26.2 Å². The van der Waals surface area contributed by atoms with E-state index in [2.05, 4.69) is 26.6 Å². The van der Waals surface area contributed by atoms with Crippen LogP contribution in [0, 0.1) is 5.92 Å². The first kappa shape index (κ1) is 24.2. The monoisotopic (exact) mass is 481 g/mol. The van der Waals surface area contributed by atoms with Gasteiger partial charge in [0.05, 0.1) is 6.42 Å². The Morgan fingerprint density at radius 2 is 1.73 bits per heavy atom. The van der Waals surface area contributed by atoms with Crippen molar-refractivity contribution in [1.29, 1.82) is 0 Å². The van der Waals surface area contributed by atoms with Crippen LogP contribution in [0.25, 0.3) is 0 Å². The van der Waals surface area contributed by atoms with Gasteiger partial charge < -0.3 is 20.3 Å². The molecule has 0 bridgehead atoms. The van der Waals surface area contributed by atoms with Gasteiger partial charge in [-0.2, -0.15) is 0 Å². The van der Waals surface area contributed by atoms with Gasteiger partial charge in [0.25, 0.3) is 0 Å². The standard InChI is InChI=1S/C22H32BrN3O4/c1-22(2,3)30-21(29)24-11-8-19(27)25-15-17-9-12-26(13-10-17)20(28)14-16-4-6-18(23)7-5-16/h4-7,17H,8-15H2,1-3H3,(H,24,29)(H,25,27). The number of carbonyl (C=O) groups excluding carboxylic acids is 3. The fraction of sp³-hybridized carbons (Fsp3) is 0.591. The molecule has 0 spiro atoms. The molecule has 0 radical (unpaired) electrons. The van der Waals surface area contributed by atoms with E-state index < -0.39 is 11.7 Å². The molecular weight excluding hydrogens is 450 g/mol. The van der Waals surface area contributed by atoms with Crippen molar-refractivity contribution < 1.29 is 19.1 Å². The number of likely N-dealkylation sites (tertiary alicyclic amines) is 1. The molecule has 7 nitrogen and oxygen atoms in total. The second-order valence-corrected chi connectivity index (χ2v) is 9.53. The lowest BCUT2D eigenvalue weighted by atomic mass is 9.96. The Kier molecular flexibility index (Phi) is 9.14. The summed E-state index contributed by atoms with van der Waals surface area (Å²) in [5.74, 6) is 0.414. The molecule has 1 heterocycles. The van der Waals surface area contributed by atoms with Crippen molar-refractivity contribution in [1.82, 2.24) is 15.5 Å². The molecule has 30 heavy (non-hydrogen) atoms. The van der Waals surface area contributed by atoms with E-state index in [9.17, 15) is 14.4 Å². The first-order valence-electron chi connectivity index (χ1n) is 10.4. The molecule has 0 unspecified atom stereocenters. The lowest BCUT2D eigenvalue weighted by molar-refractivity contribution is -0.132. The van der Waals surface area contributed by atoms with Crippen LogP contribution < -0.4 is 10.6 Å². The van der Waals surface area contributed by atoms with Crippen molar-refractivity contribution in [3.05, 3.63) is 34.3 Å². The third-order valence-electron chi connectivity index (χ3n) is 4.84. The van der Waals surface area contributed by atoms with Crippen LogP contribution in [-0.4, -0.2) is 54.6 Å². The quantitative estimate of drug-likeness (QED) is 0.625. The number of alkyl carbamates (subject to hydrolysis) is 1. The van der Waals surface area contributed by atoms with Gasteiger partial charge in [-0.05, 0) is 57.2 Å². The van der Waals surface area contributed by atoms with Crippen LogP contribution >= 0.6 is 15.9 Å². The molecule has 166 valence electrons. The Bertz CT molecular complexity index is 723. The number of amides is 3. The van der Waals surface area contributed by atoms with Gasteiger partial charge in [0, 0.05) is 37.1 Å². The Labute approximate surface area is 187 Å². The highest BCUT2D eigenvalue weighted by molar-refractivity contribution is 9.10. The fourth-order valence-electron chi connectivity index (χ4n) is 3.21. The Morgan fingerprint density at radius 3 is 2.33 bits per heavy atom. The summed E-state index contributed by atoms with van der Waals surface area (Å²) in [7, 11) is 0. The van der Waals surface area contributed by atoms with E-state index in [0.29, 0.717) is 18.9 Å². The molecule has 1 aromatic rings. The van der Waals surface area contributed by atoms with Crippen LogP contribution in [0.3, 0.4) is 0 Å². The molecule has 2 N–H and O–H groups in total. The van der Waals surface area contributed by atoms with E-state index in [1.165, 1.54) is 0 Å². The lowest BCUT2D eigenvalue weighted by Gasteiger charge is -2.32. The molecule has 1 fully saturated rings. The van der Waals surface area contributed by atoms with Gasteiger partial charge in [0.2, 0.25) is 11.8 Å². The maximum Gasteiger partial charge on any atom is 0.407 e.